The van der Waals surface area contributed by atoms with Gasteiger partial charge >= 0.3 is 0 Å². The summed E-state index contributed by atoms with van der Waals surface area (Å²) < 4.78 is 13.9. The number of anilines is 1. The fraction of sp³-hybridized carbons (Fsp3) is 0.667. The Morgan fingerprint density at radius 1 is 1.44 bits per heavy atom. The van der Waals surface area contributed by atoms with Crippen molar-refractivity contribution in [1.82, 2.24) is 15.6 Å². The maximum absolute atomic E-state index is 13.9. The summed E-state index contributed by atoms with van der Waals surface area (Å²) in [6.07, 6.45) is 3.62. The van der Waals surface area contributed by atoms with Crippen LogP contribution in [-0.2, 0) is 0 Å². The third-order valence-corrected chi connectivity index (χ3v) is 4.04. The number of aromatic nitrogens is 1. The molecule has 0 bridgehead atoms. The van der Waals surface area contributed by atoms with Gasteiger partial charge in [0.15, 0.2) is 17.6 Å². The van der Waals surface area contributed by atoms with Crippen LogP contribution in [0, 0.1) is 11.2 Å². The molecule has 1 aromatic rings. The third kappa shape index (κ3) is 7.33. The zero-order valence-corrected chi connectivity index (χ0v) is 18.0. The van der Waals surface area contributed by atoms with Gasteiger partial charge in [-0.1, -0.05) is 20.8 Å². The Balaban J connectivity index is 0.00000312. The summed E-state index contributed by atoms with van der Waals surface area (Å²) in [7, 11) is 0. The molecule has 0 amide bonds. The Labute approximate surface area is 167 Å². The summed E-state index contributed by atoms with van der Waals surface area (Å²) in [5.74, 6) is 1.02. The molecule has 2 N–H and O–H groups in total. The summed E-state index contributed by atoms with van der Waals surface area (Å²) in [4.78, 5) is 10.8. The lowest BCUT2D eigenvalue weighted by Gasteiger charge is -2.20. The molecule has 0 spiro atoms. The van der Waals surface area contributed by atoms with Gasteiger partial charge in [0.05, 0.1) is 0 Å². The molecule has 0 radical (unpaired) electrons. The second kappa shape index (κ2) is 10.1. The van der Waals surface area contributed by atoms with E-state index in [0.717, 1.165) is 45.0 Å². The number of pyridine rings is 1. The van der Waals surface area contributed by atoms with Crippen LogP contribution in [0.15, 0.2) is 23.3 Å². The number of halogens is 2. The second-order valence-electron chi connectivity index (χ2n) is 7.46. The van der Waals surface area contributed by atoms with E-state index in [1.165, 1.54) is 6.07 Å². The number of hydrogen-bond donors (Lipinski definition) is 2. The Morgan fingerprint density at radius 2 is 2.20 bits per heavy atom. The zero-order valence-electron chi connectivity index (χ0n) is 15.7. The van der Waals surface area contributed by atoms with Gasteiger partial charge in [0.1, 0.15) is 0 Å². The van der Waals surface area contributed by atoms with Crippen LogP contribution in [-0.4, -0.2) is 43.2 Å². The van der Waals surface area contributed by atoms with Crippen molar-refractivity contribution in [1.29, 1.82) is 0 Å². The highest BCUT2D eigenvalue weighted by Gasteiger charge is 2.25. The van der Waals surface area contributed by atoms with Crippen LogP contribution < -0.4 is 15.5 Å². The van der Waals surface area contributed by atoms with Crippen LogP contribution >= 0.6 is 24.0 Å². The van der Waals surface area contributed by atoms with E-state index >= 15 is 0 Å². The number of nitrogens with zero attached hydrogens (tertiary/aromatic N) is 3. The smallest absolute Gasteiger partial charge is 0.191 e. The first-order chi connectivity index (χ1) is 11.4. The molecule has 25 heavy (non-hydrogen) atoms. The molecule has 0 aliphatic carbocycles. The summed E-state index contributed by atoms with van der Waals surface area (Å²) in [5, 5.41) is 6.76. The molecule has 0 saturated carbocycles. The number of hydrogen-bond acceptors (Lipinski definition) is 3. The Hall–Kier alpha value is -1.12. The van der Waals surface area contributed by atoms with E-state index < -0.39 is 0 Å². The fourth-order valence-corrected chi connectivity index (χ4v) is 2.70. The highest BCUT2D eigenvalue weighted by atomic mass is 127. The van der Waals surface area contributed by atoms with Crippen molar-refractivity contribution >= 4 is 35.8 Å². The van der Waals surface area contributed by atoms with E-state index in [1.54, 1.807) is 12.3 Å². The predicted octanol–water partition coefficient (Wildman–Crippen LogP) is 3.41. The van der Waals surface area contributed by atoms with Crippen LogP contribution in [0.5, 0.6) is 0 Å². The normalized spacial score (nSPS) is 18.0. The van der Waals surface area contributed by atoms with Gasteiger partial charge in [0.25, 0.3) is 0 Å². The molecule has 1 aliphatic rings. The first-order valence-electron chi connectivity index (χ1n) is 8.79. The predicted molar refractivity (Wildman–Crippen MR) is 113 cm³/mol. The monoisotopic (exact) mass is 463 g/mol. The van der Waals surface area contributed by atoms with Crippen molar-refractivity contribution in [2.24, 2.45) is 10.4 Å². The van der Waals surface area contributed by atoms with Gasteiger partial charge < -0.3 is 15.5 Å². The first-order valence-corrected chi connectivity index (χ1v) is 8.79. The molecule has 142 valence electrons. The average molecular weight is 463 g/mol. The van der Waals surface area contributed by atoms with Crippen LogP contribution in [0.4, 0.5) is 10.2 Å². The maximum atomic E-state index is 13.9. The van der Waals surface area contributed by atoms with Crippen LogP contribution in [0.1, 0.15) is 40.5 Å². The second-order valence-corrected chi connectivity index (χ2v) is 7.46. The van der Waals surface area contributed by atoms with E-state index in [1.807, 2.05) is 4.90 Å². The van der Waals surface area contributed by atoms with E-state index in [-0.39, 0.29) is 41.3 Å². The minimum atomic E-state index is -0.260. The third-order valence-electron chi connectivity index (χ3n) is 4.04. The summed E-state index contributed by atoms with van der Waals surface area (Å²) in [6, 6.07) is 3.33. The largest absolute Gasteiger partial charge is 0.357 e. The molecule has 1 fully saturated rings. The van der Waals surface area contributed by atoms with Crippen LogP contribution in [0.3, 0.4) is 0 Å². The maximum Gasteiger partial charge on any atom is 0.191 e. The van der Waals surface area contributed by atoms with Gasteiger partial charge in [-0.05, 0) is 37.3 Å². The van der Waals surface area contributed by atoms with Gasteiger partial charge in [0, 0.05) is 38.4 Å². The number of aliphatic imine (C=N–C) groups is 1. The highest BCUT2D eigenvalue weighted by Crippen LogP contribution is 2.21. The summed E-state index contributed by atoms with van der Waals surface area (Å²) in [6.45, 7) is 11.9. The molecule has 1 saturated heterocycles. The van der Waals surface area contributed by atoms with Crippen LogP contribution in [0.25, 0.3) is 0 Å². The number of guanidine groups is 1. The molecule has 5 nitrogen and oxygen atoms in total. The molecule has 1 unspecified atom stereocenters. The van der Waals surface area contributed by atoms with Crippen molar-refractivity contribution in [2.45, 2.75) is 46.6 Å². The molecular weight excluding hydrogens is 432 g/mol. The highest BCUT2D eigenvalue weighted by molar-refractivity contribution is 14.0. The molecule has 2 heterocycles. The van der Waals surface area contributed by atoms with E-state index in [4.69, 9.17) is 0 Å². The molecular formula is C18H31FIN5. The minimum Gasteiger partial charge on any atom is -0.357 e. The SMILES string of the molecule is CCNC(=NCCC(C)(C)C)NC1CCN(c2ncccc2F)C1.I. The van der Waals surface area contributed by atoms with Gasteiger partial charge in [-0.15, -0.1) is 24.0 Å². The van der Waals surface area contributed by atoms with Crippen LogP contribution in [0.2, 0.25) is 0 Å². The topological polar surface area (TPSA) is 52.6 Å². The van der Waals surface area contributed by atoms with Crippen molar-refractivity contribution < 1.29 is 4.39 Å². The Bertz CT molecular complexity index is 559. The van der Waals surface area contributed by atoms with E-state index in [0.29, 0.717) is 5.82 Å². The first kappa shape index (κ1) is 21.9. The van der Waals surface area contributed by atoms with Gasteiger partial charge in [-0.2, -0.15) is 0 Å². The lowest BCUT2D eigenvalue weighted by atomic mass is 9.92. The summed E-state index contributed by atoms with van der Waals surface area (Å²) >= 11 is 0. The number of nitrogens with one attached hydrogen (secondary N) is 2. The fourth-order valence-electron chi connectivity index (χ4n) is 2.70. The molecule has 1 aliphatic heterocycles. The van der Waals surface area contributed by atoms with Gasteiger partial charge in [-0.3, -0.25) is 4.99 Å². The quantitative estimate of drug-likeness (QED) is 0.399. The Morgan fingerprint density at radius 3 is 2.84 bits per heavy atom. The molecule has 0 aromatic carbocycles. The van der Waals surface area contributed by atoms with Gasteiger partial charge in [0.2, 0.25) is 0 Å². The Kier molecular flexibility index (Phi) is 8.88. The minimum absolute atomic E-state index is 0. The summed E-state index contributed by atoms with van der Waals surface area (Å²) in [5.41, 5.74) is 0.279. The molecule has 1 aromatic heterocycles. The lowest BCUT2D eigenvalue weighted by molar-refractivity contribution is 0.384. The van der Waals surface area contributed by atoms with Crippen molar-refractivity contribution in [3.63, 3.8) is 0 Å². The molecule has 7 heteroatoms. The van der Waals surface area contributed by atoms with Crippen molar-refractivity contribution in [2.75, 3.05) is 31.1 Å². The molecule has 2 rings (SSSR count). The van der Waals surface area contributed by atoms with Crippen molar-refractivity contribution in [3.8, 4) is 0 Å². The van der Waals surface area contributed by atoms with Crippen molar-refractivity contribution in [3.05, 3.63) is 24.1 Å². The number of rotatable bonds is 5. The molecule has 1 atom stereocenters. The lowest BCUT2D eigenvalue weighted by Crippen LogP contribution is -2.44. The standard InChI is InChI=1S/C18H30FN5.HI/c1-5-20-17(22-11-9-18(2,3)4)23-14-8-12-24(13-14)16-15(19)7-6-10-21-16;/h6-7,10,14H,5,8-9,11-13H2,1-4H3,(H2,20,22,23);1H. The van der Waals surface area contributed by atoms with E-state index in [2.05, 4.69) is 48.3 Å². The van der Waals surface area contributed by atoms with E-state index in [9.17, 15) is 4.39 Å². The average Bonchev–Trinajstić information content (AvgIpc) is 2.95. The van der Waals surface area contributed by atoms with Gasteiger partial charge in [-0.25, -0.2) is 9.37 Å². The zero-order chi connectivity index (χ0) is 17.6.